The summed E-state index contributed by atoms with van der Waals surface area (Å²) < 4.78 is 27.0. The molecule has 0 spiro atoms. The van der Waals surface area contributed by atoms with E-state index in [9.17, 15) is 9.35 Å². The smallest absolute Gasteiger partial charge is 0.338 e. The van der Waals surface area contributed by atoms with Crippen molar-refractivity contribution in [1.29, 1.82) is 0 Å². The van der Waals surface area contributed by atoms with Gasteiger partial charge in [-0.3, -0.25) is 0 Å². The van der Waals surface area contributed by atoms with Gasteiger partial charge in [-0.1, -0.05) is 38.4 Å². The fourth-order valence-corrected chi connectivity index (χ4v) is 4.29. The molecule has 1 unspecified atom stereocenters. The van der Waals surface area contributed by atoms with E-state index in [2.05, 4.69) is 38.6 Å². The lowest BCUT2D eigenvalue weighted by Crippen LogP contribution is -2.46. The van der Waals surface area contributed by atoms with E-state index >= 15 is 0 Å². The minimum atomic E-state index is -2.01. The Morgan fingerprint density at radius 3 is 2.28 bits per heavy atom. The molecule has 1 aromatic carbocycles. The summed E-state index contributed by atoms with van der Waals surface area (Å²) in [5, 5.41) is 0.468. The molecule has 166 valence electrons. The van der Waals surface area contributed by atoms with Gasteiger partial charge in [-0.15, -0.1) is 4.72 Å². The zero-order chi connectivity index (χ0) is 22.6. The van der Waals surface area contributed by atoms with Gasteiger partial charge in [0.05, 0.1) is 18.8 Å². The third kappa shape index (κ3) is 7.56. The number of hydrogen-bond donors (Lipinski definition) is 1. The predicted octanol–water partition coefficient (Wildman–Crippen LogP) is 5.63. The molecule has 0 aliphatic rings. The normalized spacial score (nSPS) is 15.1. The fourth-order valence-electron chi connectivity index (χ4n) is 2.15. The topological polar surface area (TPSA) is 70.6 Å². The van der Waals surface area contributed by atoms with Gasteiger partial charge in [-0.25, -0.2) is 4.79 Å². The monoisotopic (exact) mass is 461 g/mol. The highest BCUT2D eigenvalue weighted by Gasteiger charge is 2.39. The number of halogens is 1. The zero-order valence-corrected chi connectivity index (χ0v) is 21.7. The lowest BCUT2D eigenvalue weighted by atomic mass is 10.1. The summed E-state index contributed by atoms with van der Waals surface area (Å²) in [7, 11) is -2.01. The van der Waals surface area contributed by atoms with Crippen LogP contribution in [0.1, 0.15) is 70.4 Å². The first kappa shape index (κ1) is 26.5. The highest BCUT2D eigenvalue weighted by atomic mass is 35.5. The van der Waals surface area contributed by atoms with Crippen LogP contribution >= 0.6 is 11.6 Å². The van der Waals surface area contributed by atoms with Gasteiger partial charge in [0, 0.05) is 16.4 Å². The van der Waals surface area contributed by atoms with E-state index < -0.39 is 30.4 Å². The Morgan fingerprint density at radius 2 is 1.83 bits per heavy atom. The van der Waals surface area contributed by atoms with Gasteiger partial charge in [0.1, 0.15) is 10.8 Å². The first-order valence-corrected chi connectivity index (χ1v) is 14.3. The number of carbonyl (C=O) groups excluding carboxylic acids is 1. The molecule has 29 heavy (non-hydrogen) atoms. The Bertz CT molecular complexity index is 701. The lowest BCUT2D eigenvalue weighted by Gasteiger charge is -2.38. The molecule has 1 aromatic rings. The highest BCUT2D eigenvalue weighted by molar-refractivity contribution is 7.90. The molecule has 0 aliphatic carbocycles. The zero-order valence-electron chi connectivity index (χ0n) is 19.1. The maximum atomic E-state index is 12.8. The van der Waals surface area contributed by atoms with Crippen molar-refractivity contribution < 1.29 is 18.5 Å². The SMILES string of the molecule is CCOC(=O)c1ccc([C@@H](CO[Si](C)(C)C(C)(C)C)N[S+]([O-])C(C)(C)C)c(Cl)c1. The molecule has 0 aromatic heterocycles. The summed E-state index contributed by atoms with van der Waals surface area (Å²) >= 11 is 5.21. The quantitative estimate of drug-likeness (QED) is 0.308. The summed E-state index contributed by atoms with van der Waals surface area (Å²) in [6.07, 6.45) is 0. The second kappa shape index (κ2) is 10.2. The minimum absolute atomic E-state index is 0.0539. The number of carbonyl (C=O) groups is 1. The summed E-state index contributed by atoms with van der Waals surface area (Å²) in [5.41, 5.74) is 1.14. The van der Waals surface area contributed by atoms with Gasteiger partial charge in [0.25, 0.3) is 0 Å². The van der Waals surface area contributed by atoms with Crippen LogP contribution < -0.4 is 4.72 Å². The summed E-state index contributed by atoms with van der Waals surface area (Å²) in [6, 6.07) is 4.69. The molecule has 0 radical (unpaired) electrons. The summed E-state index contributed by atoms with van der Waals surface area (Å²) in [4.78, 5) is 12.0. The summed E-state index contributed by atoms with van der Waals surface area (Å²) in [6.45, 7) is 19.0. The molecule has 0 saturated carbocycles. The average molecular weight is 462 g/mol. The molecule has 0 aliphatic heterocycles. The van der Waals surface area contributed by atoms with Crippen molar-refractivity contribution in [2.24, 2.45) is 0 Å². The van der Waals surface area contributed by atoms with E-state index in [0.29, 0.717) is 23.8 Å². The van der Waals surface area contributed by atoms with Gasteiger partial charge in [0.15, 0.2) is 8.32 Å². The van der Waals surface area contributed by atoms with Crippen LogP contribution in [0, 0.1) is 0 Å². The van der Waals surface area contributed by atoms with Crippen LogP contribution in [0.15, 0.2) is 18.2 Å². The van der Waals surface area contributed by atoms with Crippen LogP contribution in [0.5, 0.6) is 0 Å². The predicted molar refractivity (Wildman–Crippen MR) is 124 cm³/mol. The van der Waals surface area contributed by atoms with E-state index in [4.69, 9.17) is 20.8 Å². The molecule has 5 nitrogen and oxygen atoms in total. The molecule has 0 heterocycles. The molecule has 0 saturated heterocycles. The molecule has 1 rings (SSSR count). The van der Waals surface area contributed by atoms with Crippen molar-refractivity contribution in [2.45, 2.75) is 77.4 Å². The van der Waals surface area contributed by atoms with Gasteiger partial charge in [-0.2, -0.15) is 0 Å². The standard InChI is InChI=1S/C21H36ClNO4SSi/c1-10-26-19(24)15-11-12-16(17(22)13-15)18(23-28(25)20(2,3)4)14-27-29(8,9)21(5,6)7/h11-13,18,23H,10,14H2,1-9H3/t18-,28?/m1/s1. The molecule has 0 bridgehead atoms. The molecule has 0 fully saturated rings. The number of hydrogen-bond acceptors (Lipinski definition) is 5. The second-order valence-electron chi connectivity index (χ2n) is 9.58. The number of nitrogens with one attached hydrogen (secondary N) is 1. The second-order valence-corrected chi connectivity index (χ2v) is 16.8. The maximum Gasteiger partial charge on any atom is 0.338 e. The number of esters is 1. The van der Waals surface area contributed by atoms with E-state index in [1.54, 1.807) is 25.1 Å². The average Bonchev–Trinajstić information content (AvgIpc) is 2.56. The van der Waals surface area contributed by atoms with Crippen molar-refractivity contribution in [3.8, 4) is 0 Å². The number of ether oxygens (including phenoxy) is 1. The third-order valence-corrected chi connectivity index (χ3v) is 11.5. The van der Waals surface area contributed by atoms with Crippen LogP contribution in [0.3, 0.4) is 0 Å². The Labute approximate surface area is 185 Å². The lowest BCUT2D eigenvalue weighted by molar-refractivity contribution is 0.0526. The van der Waals surface area contributed by atoms with Crippen LogP contribution in [0.4, 0.5) is 0 Å². The van der Waals surface area contributed by atoms with Gasteiger partial charge < -0.3 is 13.7 Å². The van der Waals surface area contributed by atoms with Crippen molar-refractivity contribution in [2.75, 3.05) is 13.2 Å². The van der Waals surface area contributed by atoms with Crippen molar-refractivity contribution in [3.63, 3.8) is 0 Å². The van der Waals surface area contributed by atoms with Crippen LogP contribution in [0.2, 0.25) is 23.2 Å². The Morgan fingerprint density at radius 1 is 1.24 bits per heavy atom. The van der Waals surface area contributed by atoms with Crippen molar-refractivity contribution in [1.82, 2.24) is 4.72 Å². The minimum Gasteiger partial charge on any atom is -0.598 e. The van der Waals surface area contributed by atoms with Crippen LogP contribution in [-0.2, 0) is 20.5 Å². The molecular weight excluding hydrogens is 426 g/mol. The summed E-state index contributed by atoms with van der Waals surface area (Å²) in [5.74, 6) is -0.416. The molecular formula is C21H36ClNO4SSi. The van der Waals surface area contributed by atoms with Crippen LogP contribution in [0.25, 0.3) is 0 Å². The fraction of sp³-hybridized carbons (Fsp3) is 0.667. The molecule has 1 N–H and O–H groups in total. The largest absolute Gasteiger partial charge is 0.598 e. The highest BCUT2D eigenvalue weighted by Crippen LogP contribution is 2.38. The van der Waals surface area contributed by atoms with E-state index in [1.807, 2.05) is 20.8 Å². The Kier molecular flexibility index (Phi) is 9.27. The Hall–Kier alpha value is -0.573. The first-order chi connectivity index (χ1) is 13.1. The molecule has 0 amide bonds. The number of rotatable bonds is 8. The van der Waals surface area contributed by atoms with E-state index in [0.717, 1.165) is 5.56 Å². The maximum absolute atomic E-state index is 12.8. The van der Waals surface area contributed by atoms with Gasteiger partial charge in [0.2, 0.25) is 0 Å². The van der Waals surface area contributed by atoms with Crippen molar-refractivity contribution in [3.05, 3.63) is 34.3 Å². The number of benzene rings is 1. The molecule has 2 atom stereocenters. The van der Waals surface area contributed by atoms with Crippen molar-refractivity contribution >= 4 is 37.2 Å². The Balaban J connectivity index is 3.18. The third-order valence-electron chi connectivity index (χ3n) is 5.11. The van der Waals surface area contributed by atoms with E-state index in [-0.39, 0.29) is 11.1 Å². The van der Waals surface area contributed by atoms with Gasteiger partial charge in [-0.05, 0) is 63.5 Å². The van der Waals surface area contributed by atoms with E-state index in [1.165, 1.54) is 0 Å². The van der Waals surface area contributed by atoms with Crippen LogP contribution in [-0.4, -0.2) is 36.8 Å². The van der Waals surface area contributed by atoms with Gasteiger partial charge >= 0.3 is 5.97 Å². The molecule has 8 heteroatoms. The first-order valence-electron chi connectivity index (χ1n) is 9.88.